The van der Waals surface area contributed by atoms with Gasteiger partial charge in [0.25, 0.3) is 0 Å². The van der Waals surface area contributed by atoms with Gasteiger partial charge in [0.15, 0.2) is 0 Å². The molecule has 1 aromatic carbocycles. The number of hydrogen-bond donors (Lipinski definition) is 1. The fraction of sp³-hybridized carbons (Fsp3) is 0.650. The van der Waals surface area contributed by atoms with Crippen LogP contribution < -0.4 is 5.32 Å². The number of sulfonamides is 1. The highest BCUT2D eigenvalue weighted by molar-refractivity contribution is 7.89. The van der Waals surface area contributed by atoms with Crippen LogP contribution in [0.25, 0.3) is 0 Å². The molecule has 0 aliphatic carbocycles. The van der Waals surface area contributed by atoms with Gasteiger partial charge in [-0.1, -0.05) is 39.2 Å². The Morgan fingerprint density at radius 2 is 1.93 bits per heavy atom. The third kappa shape index (κ3) is 6.53. The van der Waals surface area contributed by atoms with Crippen LogP contribution in [-0.2, 0) is 14.8 Å². The number of hydrogen-bond acceptors (Lipinski definition) is 4. The van der Waals surface area contributed by atoms with Gasteiger partial charge in [0.05, 0.1) is 11.4 Å². The zero-order valence-corrected chi connectivity index (χ0v) is 17.7. The lowest BCUT2D eigenvalue weighted by atomic mass is 9.99. The summed E-state index contributed by atoms with van der Waals surface area (Å²) < 4.78 is 40.0. The van der Waals surface area contributed by atoms with Gasteiger partial charge in [-0.25, -0.2) is 12.8 Å². The van der Waals surface area contributed by atoms with E-state index in [9.17, 15) is 17.6 Å². The highest BCUT2D eigenvalue weighted by atomic mass is 32.2. The van der Waals surface area contributed by atoms with Crippen LogP contribution in [0.15, 0.2) is 29.2 Å². The van der Waals surface area contributed by atoms with Crippen molar-refractivity contribution in [2.24, 2.45) is 5.92 Å². The number of amides is 1. The van der Waals surface area contributed by atoms with E-state index in [-0.39, 0.29) is 17.3 Å². The van der Waals surface area contributed by atoms with Crippen molar-refractivity contribution in [1.29, 1.82) is 0 Å². The molecule has 0 spiro atoms. The van der Waals surface area contributed by atoms with Gasteiger partial charge < -0.3 is 5.32 Å². The molecule has 0 radical (unpaired) electrons. The smallest absolute Gasteiger partial charge is 0.243 e. The van der Waals surface area contributed by atoms with Crippen molar-refractivity contribution in [3.63, 3.8) is 0 Å². The van der Waals surface area contributed by atoms with Crippen molar-refractivity contribution in [3.05, 3.63) is 30.1 Å². The Kier molecular flexibility index (Phi) is 8.85. The predicted molar refractivity (Wildman–Crippen MR) is 108 cm³/mol. The number of unbranched alkanes of at least 4 members (excludes halogenated alkanes) is 1. The van der Waals surface area contributed by atoms with Crippen LogP contribution in [0.5, 0.6) is 0 Å². The molecule has 8 heteroatoms. The summed E-state index contributed by atoms with van der Waals surface area (Å²) in [5.74, 6) is -0.0748. The van der Waals surface area contributed by atoms with E-state index < -0.39 is 15.8 Å². The lowest BCUT2D eigenvalue weighted by molar-refractivity contribution is -0.122. The average molecular weight is 414 g/mol. The molecule has 1 atom stereocenters. The van der Waals surface area contributed by atoms with E-state index in [0.29, 0.717) is 38.6 Å². The van der Waals surface area contributed by atoms with Crippen molar-refractivity contribution in [3.8, 4) is 0 Å². The molecule has 1 aromatic rings. The number of rotatable bonds is 10. The molecule has 1 saturated heterocycles. The monoisotopic (exact) mass is 413 g/mol. The molecule has 1 aliphatic heterocycles. The average Bonchev–Trinajstić information content (AvgIpc) is 2.68. The molecule has 1 heterocycles. The molecule has 1 N–H and O–H groups in total. The first kappa shape index (κ1) is 22.8. The van der Waals surface area contributed by atoms with Gasteiger partial charge in [0.2, 0.25) is 15.9 Å². The van der Waals surface area contributed by atoms with E-state index >= 15 is 0 Å². The summed E-state index contributed by atoms with van der Waals surface area (Å²) >= 11 is 0. The van der Waals surface area contributed by atoms with Crippen LogP contribution >= 0.6 is 0 Å². The van der Waals surface area contributed by atoms with Gasteiger partial charge in [-0.15, -0.1) is 0 Å². The van der Waals surface area contributed by atoms with Crippen molar-refractivity contribution >= 4 is 15.9 Å². The molecule has 1 aliphatic rings. The molecule has 6 nitrogen and oxygen atoms in total. The summed E-state index contributed by atoms with van der Waals surface area (Å²) in [5, 5.41) is 3.01. The molecule has 28 heavy (non-hydrogen) atoms. The molecule has 0 aromatic heterocycles. The van der Waals surface area contributed by atoms with Gasteiger partial charge in [0.1, 0.15) is 5.82 Å². The lowest BCUT2D eigenvalue weighted by Gasteiger charge is -2.33. The molecule has 0 unspecified atom stereocenters. The Hall–Kier alpha value is -1.51. The quantitative estimate of drug-likeness (QED) is 0.640. The third-order valence-electron chi connectivity index (χ3n) is 5.26. The SMILES string of the molecule is CCCC[C@@H](CC)CNC(=O)CN1CCN(S(=O)(=O)c2cccc(F)c2)CC1. The Balaban J connectivity index is 1.79. The van der Waals surface area contributed by atoms with Crippen LogP contribution in [0.4, 0.5) is 4.39 Å². The second kappa shape index (κ2) is 10.9. The minimum atomic E-state index is -3.70. The number of nitrogens with one attached hydrogen (secondary N) is 1. The first-order valence-electron chi connectivity index (χ1n) is 10.1. The minimum Gasteiger partial charge on any atom is -0.355 e. The van der Waals surface area contributed by atoms with E-state index in [4.69, 9.17) is 0 Å². The number of piperazine rings is 1. The fourth-order valence-corrected chi connectivity index (χ4v) is 4.82. The summed E-state index contributed by atoms with van der Waals surface area (Å²) in [6, 6.07) is 5.06. The van der Waals surface area contributed by atoms with Crippen LogP contribution in [0.1, 0.15) is 39.5 Å². The Morgan fingerprint density at radius 1 is 1.21 bits per heavy atom. The van der Waals surface area contributed by atoms with Gasteiger partial charge in [0, 0.05) is 32.7 Å². The van der Waals surface area contributed by atoms with E-state index in [0.717, 1.165) is 25.3 Å². The number of carbonyl (C=O) groups excluding carboxylic acids is 1. The summed E-state index contributed by atoms with van der Waals surface area (Å²) in [6.45, 7) is 6.83. The van der Waals surface area contributed by atoms with Crippen molar-refractivity contribution in [2.75, 3.05) is 39.3 Å². The number of carbonyl (C=O) groups is 1. The molecule has 1 fully saturated rings. The second-order valence-corrected chi connectivity index (χ2v) is 9.30. The van der Waals surface area contributed by atoms with E-state index in [1.165, 1.54) is 28.9 Å². The fourth-order valence-electron chi connectivity index (χ4n) is 3.37. The van der Waals surface area contributed by atoms with Crippen molar-refractivity contribution < 1.29 is 17.6 Å². The summed E-state index contributed by atoms with van der Waals surface area (Å²) in [7, 11) is -3.70. The molecule has 158 valence electrons. The minimum absolute atomic E-state index is 0.0172. The summed E-state index contributed by atoms with van der Waals surface area (Å²) in [6.07, 6.45) is 4.52. The molecule has 0 saturated carbocycles. The highest BCUT2D eigenvalue weighted by Gasteiger charge is 2.29. The molecule has 0 bridgehead atoms. The van der Waals surface area contributed by atoms with Gasteiger partial charge in [-0.05, 0) is 30.5 Å². The maximum atomic E-state index is 13.4. The van der Waals surface area contributed by atoms with E-state index in [2.05, 4.69) is 19.2 Å². The molecule has 2 rings (SSSR count). The highest BCUT2D eigenvalue weighted by Crippen LogP contribution is 2.18. The topological polar surface area (TPSA) is 69.7 Å². The van der Waals surface area contributed by atoms with E-state index in [1.807, 2.05) is 4.90 Å². The predicted octanol–water partition coefficient (Wildman–Crippen LogP) is 2.46. The van der Waals surface area contributed by atoms with Crippen LogP contribution in [-0.4, -0.2) is 62.8 Å². The number of halogens is 1. The van der Waals surface area contributed by atoms with E-state index in [1.54, 1.807) is 0 Å². The van der Waals surface area contributed by atoms with Gasteiger partial charge in [-0.2, -0.15) is 4.31 Å². The third-order valence-corrected chi connectivity index (χ3v) is 7.16. The Morgan fingerprint density at radius 3 is 2.54 bits per heavy atom. The van der Waals surface area contributed by atoms with Crippen LogP contribution in [0, 0.1) is 11.7 Å². The zero-order chi connectivity index (χ0) is 20.6. The molecular formula is C20H32FN3O3S. The largest absolute Gasteiger partial charge is 0.355 e. The zero-order valence-electron chi connectivity index (χ0n) is 16.9. The summed E-state index contributed by atoms with van der Waals surface area (Å²) in [4.78, 5) is 14.1. The Bertz CT molecular complexity index is 734. The number of nitrogens with zero attached hydrogens (tertiary/aromatic N) is 2. The standard InChI is InChI=1S/C20H32FN3O3S/c1-3-5-7-17(4-2)15-22-20(25)16-23-10-12-24(13-11-23)28(26,27)19-9-6-8-18(21)14-19/h6,8-9,14,17H,3-5,7,10-13,15-16H2,1-2H3,(H,22,25)/t17-/m1/s1. The van der Waals surface area contributed by atoms with Crippen LogP contribution in [0.3, 0.4) is 0 Å². The molecule has 1 amide bonds. The first-order valence-corrected chi connectivity index (χ1v) is 11.6. The second-order valence-electron chi connectivity index (χ2n) is 7.36. The van der Waals surface area contributed by atoms with Gasteiger partial charge in [-0.3, -0.25) is 9.69 Å². The molecular weight excluding hydrogens is 381 g/mol. The number of benzene rings is 1. The Labute approximate surface area is 168 Å². The maximum Gasteiger partial charge on any atom is 0.243 e. The van der Waals surface area contributed by atoms with Crippen LogP contribution in [0.2, 0.25) is 0 Å². The lowest BCUT2D eigenvalue weighted by Crippen LogP contribution is -2.51. The normalized spacial score (nSPS) is 17.4. The first-order chi connectivity index (χ1) is 13.4. The summed E-state index contributed by atoms with van der Waals surface area (Å²) in [5.41, 5.74) is 0. The van der Waals surface area contributed by atoms with Crippen molar-refractivity contribution in [1.82, 2.24) is 14.5 Å². The maximum absolute atomic E-state index is 13.4. The van der Waals surface area contributed by atoms with Gasteiger partial charge >= 0.3 is 0 Å². The van der Waals surface area contributed by atoms with Crippen molar-refractivity contribution in [2.45, 2.75) is 44.4 Å².